The number of rotatable bonds is 3. The summed E-state index contributed by atoms with van der Waals surface area (Å²) in [5, 5.41) is 4.39. The van der Waals surface area contributed by atoms with E-state index in [-0.39, 0.29) is 5.91 Å². The normalized spacial score (nSPS) is 26.0. The second-order valence-corrected chi connectivity index (χ2v) is 8.91. The molecule has 5 rings (SSSR count). The second kappa shape index (κ2) is 7.76. The van der Waals surface area contributed by atoms with E-state index in [9.17, 15) is 9.59 Å². The quantitative estimate of drug-likeness (QED) is 0.801. The highest BCUT2D eigenvalue weighted by molar-refractivity contribution is 5.93. The molecule has 0 radical (unpaired) electrons. The third kappa shape index (κ3) is 3.63. The number of hydrogen-bond donors (Lipinski definition) is 0. The van der Waals surface area contributed by atoms with Crippen molar-refractivity contribution in [3.63, 3.8) is 0 Å². The van der Waals surface area contributed by atoms with Crippen LogP contribution < -0.4 is 0 Å². The number of piperidine rings is 2. The Labute approximate surface area is 171 Å². The molecule has 2 atom stereocenters. The van der Waals surface area contributed by atoms with E-state index in [2.05, 4.69) is 15.0 Å². The highest BCUT2D eigenvalue weighted by Gasteiger charge is 2.41. The summed E-state index contributed by atoms with van der Waals surface area (Å²) in [6.07, 6.45) is 12.4. The molecule has 2 saturated heterocycles. The predicted octanol–water partition coefficient (Wildman–Crippen LogP) is 2.76. The molecule has 0 N–H and O–H groups in total. The number of nitrogens with zero attached hydrogens (tertiary/aromatic N) is 5. The maximum absolute atomic E-state index is 13.0. The lowest BCUT2D eigenvalue weighted by molar-refractivity contribution is -0.141. The molecule has 2 aromatic heterocycles. The van der Waals surface area contributed by atoms with Gasteiger partial charge in [-0.1, -0.05) is 19.3 Å². The van der Waals surface area contributed by atoms with Crippen LogP contribution in [0.2, 0.25) is 0 Å². The van der Waals surface area contributed by atoms with E-state index in [0.29, 0.717) is 48.1 Å². The molecule has 1 saturated carbocycles. The zero-order valence-electron chi connectivity index (χ0n) is 16.9. The number of carbonyl (C=O) groups is 2. The van der Waals surface area contributed by atoms with E-state index in [1.165, 1.54) is 32.1 Å². The van der Waals surface area contributed by atoms with Crippen molar-refractivity contribution in [3.05, 3.63) is 30.2 Å². The van der Waals surface area contributed by atoms with Crippen molar-refractivity contribution in [1.29, 1.82) is 0 Å². The number of amides is 2. The predicted molar refractivity (Wildman–Crippen MR) is 108 cm³/mol. The number of aromatic nitrogens is 3. The molecule has 3 fully saturated rings. The van der Waals surface area contributed by atoms with Crippen LogP contribution in [0.1, 0.15) is 61.9 Å². The molecule has 2 aliphatic heterocycles. The van der Waals surface area contributed by atoms with Gasteiger partial charge in [-0.25, -0.2) is 9.50 Å². The standard InChI is InChI=1S/C22H29N5O2/c28-21-8-7-17-15-25(22(29)18-13-20-23-10-4-11-27(20)24-18)12-9-19(17)26(21)14-16-5-2-1-3-6-16/h4,10-11,13,16-17,19H,1-3,5-9,12,14-15H2/t17-,19+/m0/s1. The average molecular weight is 396 g/mol. The summed E-state index contributed by atoms with van der Waals surface area (Å²) in [4.78, 5) is 34.1. The van der Waals surface area contributed by atoms with Crippen molar-refractivity contribution >= 4 is 17.5 Å². The summed E-state index contributed by atoms with van der Waals surface area (Å²) in [6, 6.07) is 3.86. The van der Waals surface area contributed by atoms with Gasteiger partial charge in [-0.3, -0.25) is 9.59 Å². The summed E-state index contributed by atoms with van der Waals surface area (Å²) < 4.78 is 1.64. The van der Waals surface area contributed by atoms with Crippen molar-refractivity contribution in [2.24, 2.45) is 11.8 Å². The Morgan fingerprint density at radius 2 is 2.00 bits per heavy atom. The molecule has 0 unspecified atom stereocenters. The Hall–Kier alpha value is -2.44. The summed E-state index contributed by atoms with van der Waals surface area (Å²) in [5.74, 6) is 1.34. The molecule has 154 valence electrons. The second-order valence-electron chi connectivity index (χ2n) is 8.91. The third-order valence-electron chi connectivity index (χ3n) is 7.07. The molecule has 7 nitrogen and oxygen atoms in total. The minimum Gasteiger partial charge on any atom is -0.339 e. The van der Waals surface area contributed by atoms with Gasteiger partial charge in [0.25, 0.3) is 5.91 Å². The molecule has 1 aliphatic carbocycles. The van der Waals surface area contributed by atoms with Crippen LogP contribution in [0.4, 0.5) is 0 Å². The molecular weight excluding hydrogens is 366 g/mol. The molecule has 3 aliphatic rings. The largest absolute Gasteiger partial charge is 0.339 e. The third-order valence-corrected chi connectivity index (χ3v) is 7.07. The first kappa shape index (κ1) is 18.6. The lowest BCUT2D eigenvalue weighted by Gasteiger charge is -2.48. The fraction of sp³-hybridized carbons (Fsp3) is 0.636. The zero-order valence-corrected chi connectivity index (χ0v) is 16.9. The monoisotopic (exact) mass is 395 g/mol. The molecule has 2 amide bonds. The molecule has 0 bridgehead atoms. The van der Waals surface area contributed by atoms with E-state index in [1.54, 1.807) is 29.0 Å². The zero-order chi connectivity index (χ0) is 19.8. The molecule has 7 heteroatoms. The van der Waals surface area contributed by atoms with Crippen molar-refractivity contribution in [1.82, 2.24) is 24.4 Å². The van der Waals surface area contributed by atoms with E-state index in [0.717, 1.165) is 25.9 Å². The lowest BCUT2D eigenvalue weighted by Crippen LogP contribution is -2.57. The van der Waals surface area contributed by atoms with E-state index < -0.39 is 0 Å². The Kier molecular flexibility index (Phi) is 4.97. The minimum absolute atomic E-state index is 0.0234. The van der Waals surface area contributed by atoms with Gasteiger partial charge in [0.05, 0.1) is 0 Å². The van der Waals surface area contributed by atoms with Crippen LogP contribution in [0.3, 0.4) is 0 Å². The Morgan fingerprint density at radius 1 is 1.14 bits per heavy atom. The lowest BCUT2D eigenvalue weighted by atomic mass is 9.81. The summed E-state index contributed by atoms with van der Waals surface area (Å²) in [7, 11) is 0. The Bertz CT molecular complexity index is 870. The van der Waals surface area contributed by atoms with Gasteiger partial charge in [-0.15, -0.1) is 0 Å². The smallest absolute Gasteiger partial charge is 0.274 e. The first-order chi connectivity index (χ1) is 14.2. The molecule has 0 spiro atoms. The topological polar surface area (TPSA) is 70.8 Å². The average Bonchev–Trinajstić information content (AvgIpc) is 3.20. The van der Waals surface area contributed by atoms with Crippen LogP contribution in [0.15, 0.2) is 24.5 Å². The van der Waals surface area contributed by atoms with Crippen LogP contribution in [0.5, 0.6) is 0 Å². The summed E-state index contributed by atoms with van der Waals surface area (Å²) in [5.41, 5.74) is 1.14. The fourth-order valence-corrected chi connectivity index (χ4v) is 5.52. The van der Waals surface area contributed by atoms with Crippen LogP contribution in [0, 0.1) is 11.8 Å². The molecular formula is C22H29N5O2. The van der Waals surface area contributed by atoms with Crippen LogP contribution >= 0.6 is 0 Å². The fourth-order valence-electron chi connectivity index (χ4n) is 5.52. The van der Waals surface area contributed by atoms with Crippen LogP contribution in [0.25, 0.3) is 5.65 Å². The SMILES string of the molecule is O=C(c1cc2ncccn2n1)N1CC[C@@H]2[C@@H](CCC(=O)N2CC2CCCCC2)C1. The maximum Gasteiger partial charge on any atom is 0.274 e. The summed E-state index contributed by atoms with van der Waals surface area (Å²) >= 11 is 0. The number of carbonyl (C=O) groups excluding carboxylic acids is 2. The number of likely N-dealkylation sites (tertiary alicyclic amines) is 2. The van der Waals surface area contributed by atoms with Gasteiger partial charge in [0.1, 0.15) is 0 Å². The highest BCUT2D eigenvalue weighted by Crippen LogP contribution is 2.34. The molecule has 4 heterocycles. The van der Waals surface area contributed by atoms with Gasteiger partial charge in [-0.05, 0) is 43.6 Å². The van der Waals surface area contributed by atoms with Gasteiger partial charge in [0.2, 0.25) is 5.91 Å². The van der Waals surface area contributed by atoms with Crippen LogP contribution in [-0.2, 0) is 4.79 Å². The van der Waals surface area contributed by atoms with E-state index >= 15 is 0 Å². The van der Waals surface area contributed by atoms with Crippen molar-refractivity contribution < 1.29 is 9.59 Å². The van der Waals surface area contributed by atoms with Gasteiger partial charge in [0.15, 0.2) is 11.3 Å². The van der Waals surface area contributed by atoms with E-state index in [1.807, 2.05) is 4.90 Å². The van der Waals surface area contributed by atoms with Crippen molar-refractivity contribution in [3.8, 4) is 0 Å². The Balaban J connectivity index is 1.27. The first-order valence-corrected chi connectivity index (χ1v) is 11.1. The summed E-state index contributed by atoms with van der Waals surface area (Å²) in [6.45, 7) is 2.33. The van der Waals surface area contributed by atoms with Gasteiger partial charge >= 0.3 is 0 Å². The van der Waals surface area contributed by atoms with Gasteiger partial charge in [0, 0.05) is 50.6 Å². The highest BCUT2D eigenvalue weighted by atomic mass is 16.2. The number of hydrogen-bond acceptors (Lipinski definition) is 4. The van der Waals surface area contributed by atoms with Crippen LogP contribution in [-0.4, -0.2) is 61.9 Å². The van der Waals surface area contributed by atoms with Crippen molar-refractivity contribution in [2.75, 3.05) is 19.6 Å². The first-order valence-electron chi connectivity index (χ1n) is 11.1. The minimum atomic E-state index is -0.0234. The van der Waals surface area contributed by atoms with Gasteiger partial charge < -0.3 is 9.80 Å². The van der Waals surface area contributed by atoms with E-state index in [4.69, 9.17) is 0 Å². The maximum atomic E-state index is 13.0. The van der Waals surface area contributed by atoms with Gasteiger partial charge in [-0.2, -0.15) is 5.10 Å². The molecule has 0 aromatic carbocycles. The number of fused-ring (bicyclic) bond motifs is 2. The Morgan fingerprint density at radius 3 is 2.83 bits per heavy atom. The molecule has 29 heavy (non-hydrogen) atoms. The molecule has 2 aromatic rings. The van der Waals surface area contributed by atoms with Crippen molar-refractivity contribution in [2.45, 2.75) is 57.4 Å².